The van der Waals surface area contributed by atoms with E-state index in [2.05, 4.69) is 25.3 Å². The molecule has 7 heavy (non-hydrogen) atoms. The molecular formula is C4H5PS2. The van der Waals surface area contributed by atoms with Crippen molar-refractivity contribution >= 4 is 39.3 Å². The van der Waals surface area contributed by atoms with Crippen LogP contribution in [0.3, 0.4) is 0 Å². The summed E-state index contributed by atoms with van der Waals surface area (Å²) in [6, 6.07) is 0. The van der Waals surface area contributed by atoms with E-state index in [0.717, 1.165) is 8.20 Å². The zero-order valence-corrected chi connectivity index (χ0v) is 6.26. The van der Waals surface area contributed by atoms with Gasteiger partial charge in [0.2, 0.25) is 0 Å². The van der Waals surface area contributed by atoms with Crippen molar-refractivity contribution in [2.24, 2.45) is 0 Å². The summed E-state index contributed by atoms with van der Waals surface area (Å²) in [7, 11) is 1.16. The lowest BCUT2D eigenvalue weighted by Crippen LogP contribution is -1.90. The van der Waals surface area contributed by atoms with Gasteiger partial charge in [-0.15, -0.1) is 25.3 Å². The van der Waals surface area contributed by atoms with E-state index in [1.165, 1.54) is 0 Å². The number of thiol groups is 2. The highest BCUT2D eigenvalue weighted by atomic mass is 32.2. The monoisotopic (exact) mass is 148 g/mol. The van der Waals surface area contributed by atoms with E-state index < -0.39 is 0 Å². The molecule has 0 atom stereocenters. The minimum Gasteiger partial charge on any atom is -0.149 e. The SMILES string of the molecule is SC1(S)C=CC=P1. The van der Waals surface area contributed by atoms with Crippen LogP contribution in [-0.2, 0) is 0 Å². The minimum absolute atomic E-state index is 0.181. The molecule has 0 N–H and O–H groups in total. The summed E-state index contributed by atoms with van der Waals surface area (Å²) in [5.41, 5.74) is 0. The average Bonchev–Trinajstić information content (AvgIpc) is 1.84. The van der Waals surface area contributed by atoms with Crippen molar-refractivity contribution in [2.75, 3.05) is 0 Å². The Morgan fingerprint density at radius 3 is 2.29 bits per heavy atom. The van der Waals surface area contributed by atoms with Crippen molar-refractivity contribution < 1.29 is 0 Å². The van der Waals surface area contributed by atoms with Crippen molar-refractivity contribution in [2.45, 2.75) is 3.82 Å². The topological polar surface area (TPSA) is 0 Å². The molecule has 0 aromatic carbocycles. The number of allylic oxidation sites excluding steroid dienone is 1. The van der Waals surface area contributed by atoms with Crippen LogP contribution in [0, 0.1) is 0 Å². The van der Waals surface area contributed by atoms with E-state index in [9.17, 15) is 0 Å². The lowest BCUT2D eigenvalue weighted by Gasteiger charge is -2.04. The molecule has 0 radical (unpaired) electrons. The molecule has 38 valence electrons. The van der Waals surface area contributed by atoms with Gasteiger partial charge in [-0.2, -0.15) is 0 Å². The fraction of sp³-hybridized carbons (Fsp3) is 0.250. The van der Waals surface area contributed by atoms with Gasteiger partial charge in [0.1, 0.15) is 3.82 Å². The van der Waals surface area contributed by atoms with E-state index in [-0.39, 0.29) is 3.82 Å². The Labute approximate surface area is 55.6 Å². The number of hydrogen-bond donors (Lipinski definition) is 2. The molecule has 0 bridgehead atoms. The summed E-state index contributed by atoms with van der Waals surface area (Å²) >= 11 is 8.37. The second-order valence-electron chi connectivity index (χ2n) is 1.32. The van der Waals surface area contributed by atoms with Gasteiger partial charge in [0, 0.05) is 0 Å². The molecule has 0 aliphatic carbocycles. The third kappa shape index (κ3) is 1.52. The lowest BCUT2D eigenvalue weighted by molar-refractivity contribution is 1.60. The van der Waals surface area contributed by atoms with Crippen molar-refractivity contribution in [1.29, 1.82) is 0 Å². The molecule has 1 rings (SSSR count). The van der Waals surface area contributed by atoms with Gasteiger partial charge in [-0.3, -0.25) is 0 Å². The van der Waals surface area contributed by atoms with Gasteiger partial charge in [-0.25, -0.2) is 0 Å². The molecule has 0 aromatic rings. The van der Waals surface area contributed by atoms with Gasteiger partial charge < -0.3 is 0 Å². The van der Waals surface area contributed by atoms with Crippen LogP contribution in [0.15, 0.2) is 12.2 Å². The largest absolute Gasteiger partial charge is 0.149 e. The van der Waals surface area contributed by atoms with Crippen molar-refractivity contribution in [3.63, 3.8) is 0 Å². The molecule has 0 nitrogen and oxygen atoms in total. The molecule has 0 fully saturated rings. The van der Waals surface area contributed by atoms with Crippen LogP contribution in [-0.4, -0.2) is 9.62 Å². The Morgan fingerprint density at radius 1 is 1.43 bits per heavy atom. The molecule has 0 amide bonds. The maximum absolute atomic E-state index is 4.18. The normalized spacial score (nSPS) is 26.0. The first-order valence-corrected chi connectivity index (χ1v) is 3.74. The van der Waals surface area contributed by atoms with Gasteiger partial charge >= 0.3 is 0 Å². The smallest absolute Gasteiger partial charge is 0.115 e. The summed E-state index contributed by atoms with van der Waals surface area (Å²) in [6.45, 7) is 0. The molecule has 1 heterocycles. The molecule has 0 saturated carbocycles. The first-order chi connectivity index (χ1) is 3.21. The quantitative estimate of drug-likeness (QED) is 0.292. The second kappa shape index (κ2) is 1.85. The van der Waals surface area contributed by atoms with Crippen molar-refractivity contribution in [1.82, 2.24) is 0 Å². The van der Waals surface area contributed by atoms with Crippen LogP contribution in [0.2, 0.25) is 0 Å². The molecule has 0 unspecified atom stereocenters. The summed E-state index contributed by atoms with van der Waals surface area (Å²) in [4.78, 5) is 0. The summed E-state index contributed by atoms with van der Waals surface area (Å²) in [6.07, 6.45) is 3.93. The fourth-order valence-electron chi connectivity index (χ4n) is 0.368. The highest BCUT2D eigenvalue weighted by Crippen LogP contribution is 2.36. The molecule has 0 spiro atoms. The van der Waals surface area contributed by atoms with Crippen LogP contribution in [0.25, 0.3) is 0 Å². The zero-order valence-electron chi connectivity index (χ0n) is 3.57. The number of hydrogen-bond acceptors (Lipinski definition) is 2. The van der Waals surface area contributed by atoms with Gasteiger partial charge in [-0.1, -0.05) is 20.4 Å². The highest BCUT2D eigenvalue weighted by Gasteiger charge is 2.13. The van der Waals surface area contributed by atoms with Gasteiger partial charge in [0.25, 0.3) is 0 Å². The number of rotatable bonds is 0. The molecule has 1 aliphatic rings. The third-order valence-corrected chi connectivity index (χ3v) is 2.51. The minimum atomic E-state index is -0.181. The van der Waals surface area contributed by atoms with Gasteiger partial charge in [-0.05, 0) is 5.80 Å². The van der Waals surface area contributed by atoms with E-state index in [4.69, 9.17) is 0 Å². The Kier molecular flexibility index (Phi) is 1.52. The van der Waals surface area contributed by atoms with Crippen LogP contribution in [0.5, 0.6) is 0 Å². The maximum atomic E-state index is 4.18. The van der Waals surface area contributed by atoms with E-state index >= 15 is 0 Å². The van der Waals surface area contributed by atoms with Crippen molar-refractivity contribution in [3.8, 4) is 0 Å². The maximum Gasteiger partial charge on any atom is 0.115 e. The molecule has 0 aromatic heterocycles. The Hall–Kier alpha value is 0.610. The van der Waals surface area contributed by atoms with Gasteiger partial charge in [0.15, 0.2) is 0 Å². The fourth-order valence-corrected chi connectivity index (χ4v) is 1.50. The first kappa shape index (κ1) is 5.74. The van der Waals surface area contributed by atoms with Gasteiger partial charge in [0.05, 0.1) is 0 Å². The van der Waals surface area contributed by atoms with E-state index in [1.807, 2.05) is 17.9 Å². The van der Waals surface area contributed by atoms with Crippen molar-refractivity contribution in [3.05, 3.63) is 12.2 Å². The predicted molar refractivity (Wildman–Crippen MR) is 42.8 cm³/mol. The Bertz CT molecular complexity index is 112. The third-order valence-electron chi connectivity index (χ3n) is 0.670. The molecular weight excluding hydrogens is 143 g/mol. The second-order valence-corrected chi connectivity index (χ2v) is 5.06. The van der Waals surface area contributed by atoms with E-state index in [1.54, 1.807) is 0 Å². The molecule has 0 saturated heterocycles. The summed E-state index contributed by atoms with van der Waals surface area (Å²) in [5, 5.41) is 0. The average molecular weight is 148 g/mol. The van der Waals surface area contributed by atoms with Crippen LogP contribution in [0.4, 0.5) is 0 Å². The van der Waals surface area contributed by atoms with Crippen LogP contribution >= 0.6 is 33.5 Å². The standard InChI is InChI=1S/C4H5PS2/c6-4(7)2-1-3-5-4/h1-3,6-7H. The zero-order chi connectivity index (χ0) is 5.33. The van der Waals surface area contributed by atoms with E-state index in [0.29, 0.717) is 0 Å². The summed E-state index contributed by atoms with van der Waals surface area (Å²) in [5.74, 6) is 2.03. The predicted octanol–water partition coefficient (Wildman–Crippen LogP) is 1.82. The lowest BCUT2D eigenvalue weighted by atomic mass is 10.6. The highest BCUT2D eigenvalue weighted by molar-refractivity contribution is 8.08. The Balaban J connectivity index is 2.77. The molecule has 3 heteroatoms. The van der Waals surface area contributed by atoms with Crippen LogP contribution < -0.4 is 0 Å². The Morgan fingerprint density at radius 2 is 2.14 bits per heavy atom. The first-order valence-electron chi connectivity index (χ1n) is 1.88. The molecule has 1 aliphatic heterocycles. The summed E-state index contributed by atoms with van der Waals surface area (Å²) < 4.78 is -0.181. The van der Waals surface area contributed by atoms with Crippen LogP contribution in [0.1, 0.15) is 0 Å².